The molecule has 124 valence electrons. The van der Waals surface area contributed by atoms with Crippen LogP contribution < -0.4 is 5.73 Å². The van der Waals surface area contributed by atoms with Gasteiger partial charge in [-0.3, -0.25) is 4.79 Å². The Balaban J connectivity index is 1.88. The van der Waals surface area contributed by atoms with E-state index in [1.807, 2.05) is 19.1 Å². The largest absolute Gasteiger partial charge is 0.374 e. The summed E-state index contributed by atoms with van der Waals surface area (Å²) < 4.78 is 0.732. The van der Waals surface area contributed by atoms with Gasteiger partial charge >= 0.3 is 0 Å². The smallest absolute Gasteiger partial charge is 0.203 e. The van der Waals surface area contributed by atoms with Crippen molar-refractivity contribution in [3.8, 4) is 0 Å². The first-order valence-electron chi connectivity index (χ1n) is 7.99. The summed E-state index contributed by atoms with van der Waals surface area (Å²) in [4.78, 5) is 12.5. The molecule has 0 spiro atoms. The average molecular weight is 350 g/mol. The zero-order valence-electron chi connectivity index (χ0n) is 13.6. The van der Waals surface area contributed by atoms with E-state index in [2.05, 4.69) is 29.3 Å². The molecule has 23 heavy (non-hydrogen) atoms. The van der Waals surface area contributed by atoms with Crippen LogP contribution in [0.1, 0.15) is 55.5 Å². The summed E-state index contributed by atoms with van der Waals surface area (Å²) in [5.41, 5.74) is 7.61. The SMILES string of the molecule is CCCCCCc1ccc(C(=O)[C@H](C)Sc2nnc(N)s2)cc1. The number of carbonyl (C=O) groups excluding carboxylic acids is 1. The lowest BCUT2D eigenvalue weighted by atomic mass is 10.0. The number of nitrogens with two attached hydrogens (primary N) is 1. The Morgan fingerprint density at radius 2 is 1.96 bits per heavy atom. The molecule has 0 radical (unpaired) electrons. The maximum Gasteiger partial charge on any atom is 0.203 e. The second-order valence-electron chi connectivity index (χ2n) is 5.54. The molecule has 0 aliphatic rings. The molecule has 0 saturated carbocycles. The van der Waals surface area contributed by atoms with Gasteiger partial charge in [0.05, 0.1) is 5.25 Å². The monoisotopic (exact) mass is 349 g/mol. The number of thioether (sulfide) groups is 1. The van der Waals surface area contributed by atoms with E-state index in [0.29, 0.717) is 5.13 Å². The summed E-state index contributed by atoms with van der Waals surface area (Å²) in [6.45, 7) is 4.11. The van der Waals surface area contributed by atoms with Crippen molar-refractivity contribution in [2.75, 3.05) is 5.73 Å². The number of aryl methyl sites for hydroxylation is 1. The molecule has 0 aliphatic heterocycles. The molecule has 1 heterocycles. The Labute approximate surface area is 145 Å². The standard InChI is InChI=1S/C17H23N3OS2/c1-3-4-5-6-7-13-8-10-14(11-9-13)15(21)12(2)22-17-20-19-16(18)23-17/h8-12H,3-7H2,1-2H3,(H2,18,19)/t12-/m0/s1. The fourth-order valence-electron chi connectivity index (χ4n) is 2.30. The molecule has 1 aromatic carbocycles. The highest BCUT2D eigenvalue weighted by molar-refractivity contribution is 8.02. The summed E-state index contributed by atoms with van der Waals surface area (Å²) in [6.07, 6.45) is 6.12. The van der Waals surface area contributed by atoms with Crippen LogP contribution in [0.25, 0.3) is 0 Å². The number of hydrogen-bond donors (Lipinski definition) is 1. The van der Waals surface area contributed by atoms with Crippen LogP contribution in [0.15, 0.2) is 28.6 Å². The van der Waals surface area contributed by atoms with E-state index in [4.69, 9.17) is 5.73 Å². The molecular formula is C17H23N3OS2. The molecule has 0 unspecified atom stereocenters. The minimum Gasteiger partial charge on any atom is -0.374 e. The number of anilines is 1. The molecule has 2 aromatic rings. The van der Waals surface area contributed by atoms with Crippen molar-refractivity contribution in [3.63, 3.8) is 0 Å². The molecule has 6 heteroatoms. The first-order valence-corrected chi connectivity index (χ1v) is 9.68. The average Bonchev–Trinajstić information content (AvgIpc) is 2.96. The number of aromatic nitrogens is 2. The number of Topliss-reactive ketones (excluding diaryl/α,β-unsaturated/α-hetero) is 1. The number of hydrogen-bond acceptors (Lipinski definition) is 6. The van der Waals surface area contributed by atoms with Gasteiger partial charge in [0, 0.05) is 5.56 Å². The van der Waals surface area contributed by atoms with Gasteiger partial charge < -0.3 is 5.73 Å². The summed E-state index contributed by atoms with van der Waals surface area (Å²) in [7, 11) is 0. The van der Waals surface area contributed by atoms with Gasteiger partial charge in [-0.25, -0.2) is 0 Å². The number of benzene rings is 1. The van der Waals surface area contributed by atoms with Gasteiger partial charge in [-0.05, 0) is 25.3 Å². The number of nitrogen functional groups attached to an aromatic ring is 1. The quantitative estimate of drug-likeness (QED) is 0.407. The second kappa shape index (κ2) is 9.03. The Kier molecular flexibility index (Phi) is 7.05. The first-order chi connectivity index (χ1) is 11.1. The van der Waals surface area contributed by atoms with Crippen molar-refractivity contribution < 1.29 is 4.79 Å². The van der Waals surface area contributed by atoms with Gasteiger partial charge in [-0.1, -0.05) is 73.6 Å². The molecule has 2 rings (SSSR count). The summed E-state index contributed by atoms with van der Waals surface area (Å²) in [5, 5.41) is 7.95. The van der Waals surface area contributed by atoms with Gasteiger partial charge in [-0.15, -0.1) is 10.2 Å². The van der Waals surface area contributed by atoms with Crippen LogP contribution in [0.2, 0.25) is 0 Å². The van der Waals surface area contributed by atoms with Crippen molar-refractivity contribution in [1.29, 1.82) is 0 Å². The lowest BCUT2D eigenvalue weighted by molar-refractivity contribution is 0.0994. The number of ketones is 1. The molecule has 1 atom stereocenters. The molecule has 0 amide bonds. The van der Waals surface area contributed by atoms with Crippen LogP contribution >= 0.6 is 23.1 Å². The van der Waals surface area contributed by atoms with Gasteiger partial charge in [0.25, 0.3) is 0 Å². The highest BCUT2D eigenvalue weighted by Gasteiger charge is 2.18. The van der Waals surface area contributed by atoms with Gasteiger partial charge in [-0.2, -0.15) is 0 Å². The van der Waals surface area contributed by atoms with Crippen LogP contribution in [-0.4, -0.2) is 21.2 Å². The Morgan fingerprint density at radius 3 is 2.57 bits per heavy atom. The molecule has 0 saturated heterocycles. The van der Waals surface area contributed by atoms with E-state index < -0.39 is 0 Å². The number of carbonyl (C=O) groups is 1. The molecule has 1 aromatic heterocycles. The van der Waals surface area contributed by atoms with E-state index in [-0.39, 0.29) is 11.0 Å². The number of unbranched alkanes of at least 4 members (excludes halogenated alkanes) is 3. The molecule has 0 aliphatic carbocycles. The van der Waals surface area contributed by atoms with Crippen molar-refractivity contribution in [2.24, 2.45) is 0 Å². The lowest BCUT2D eigenvalue weighted by Crippen LogP contribution is -2.13. The third kappa shape index (κ3) is 5.62. The summed E-state index contributed by atoms with van der Waals surface area (Å²) >= 11 is 2.72. The summed E-state index contributed by atoms with van der Waals surface area (Å²) in [5.74, 6) is 0.112. The van der Waals surface area contributed by atoms with Crippen LogP contribution in [0.4, 0.5) is 5.13 Å². The predicted octanol–water partition coefficient (Wildman–Crippen LogP) is 4.61. The lowest BCUT2D eigenvalue weighted by Gasteiger charge is -2.09. The minimum absolute atomic E-state index is 0.112. The fourth-order valence-corrected chi connectivity index (χ4v) is 4.16. The Bertz CT molecular complexity index is 625. The fraction of sp³-hybridized carbons (Fsp3) is 0.471. The van der Waals surface area contributed by atoms with E-state index >= 15 is 0 Å². The van der Waals surface area contributed by atoms with Gasteiger partial charge in [0.2, 0.25) is 5.13 Å². The van der Waals surface area contributed by atoms with Crippen LogP contribution in [0.5, 0.6) is 0 Å². The van der Waals surface area contributed by atoms with Crippen molar-refractivity contribution in [3.05, 3.63) is 35.4 Å². The number of nitrogens with zero attached hydrogens (tertiary/aromatic N) is 2. The third-order valence-corrected chi connectivity index (χ3v) is 5.56. The second-order valence-corrected chi connectivity index (χ2v) is 8.14. The molecule has 0 fully saturated rings. The molecule has 2 N–H and O–H groups in total. The maximum absolute atomic E-state index is 12.5. The van der Waals surface area contributed by atoms with Gasteiger partial charge in [0.1, 0.15) is 0 Å². The zero-order chi connectivity index (χ0) is 16.7. The summed E-state index contributed by atoms with van der Waals surface area (Å²) in [6, 6.07) is 8.00. The van der Waals surface area contributed by atoms with Crippen LogP contribution in [-0.2, 0) is 6.42 Å². The first kappa shape index (κ1) is 17.9. The maximum atomic E-state index is 12.5. The van der Waals surface area contributed by atoms with E-state index in [1.165, 1.54) is 54.3 Å². The molecule has 4 nitrogen and oxygen atoms in total. The van der Waals surface area contributed by atoms with E-state index in [9.17, 15) is 4.79 Å². The molecular weight excluding hydrogens is 326 g/mol. The van der Waals surface area contributed by atoms with Crippen LogP contribution in [0.3, 0.4) is 0 Å². The number of rotatable bonds is 9. The normalized spacial score (nSPS) is 12.3. The predicted molar refractivity (Wildman–Crippen MR) is 98.3 cm³/mol. The Hall–Kier alpha value is -1.40. The zero-order valence-corrected chi connectivity index (χ0v) is 15.3. The van der Waals surface area contributed by atoms with E-state index in [0.717, 1.165) is 16.3 Å². The third-order valence-electron chi connectivity index (χ3n) is 3.63. The van der Waals surface area contributed by atoms with Crippen molar-refractivity contribution >= 4 is 34.0 Å². The van der Waals surface area contributed by atoms with Gasteiger partial charge in [0.15, 0.2) is 10.1 Å². The Morgan fingerprint density at radius 1 is 1.22 bits per heavy atom. The van der Waals surface area contributed by atoms with Crippen molar-refractivity contribution in [1.82, 2.24) is 10.2 Å². The molecule has 0 bridgehead atoms. The van der Waals surface area contributed by atoms with Crippen LogP contribution in [0, 0.1) is 0 Å². The highest BCUT2D eigenvalue weighted by atomic mass is 32.2. The highest BCUT2D eigenvalue weighted by Crippen LogP contribution is 2.29. The van der Waals surface area contributed by atoms with E-state index in [1.54, 1.807) is 0 Å². The topological polar surface area (TPSA) is 68.9 Å². The van der Waals surface area contributed by atoms with Crippen molar-refractivity contribution in [2.45, 2.75) is 55.5 Å². The minimum atomic E-state index is -0.197.